The van der Waals surface area contributed by atoms with Crippen LogP contribution in [-0.4, -0.2) is 39.7 Å². The van der Waals surface area contributed by atoms with Crippen LogP contribution in [-0.2, 0) is 14.3 Å². The van der Waals surface area contributed by atoms with Crippen LogP contribution in [0.15, 0.2) is 18.2 Å². The SMILES string of the molecule is COC(=O)CN(C)c1cc(NC(C)=O)ccc1OC. The third-order valence-corrected chi connectivity index (χ3v) is 2.50. The number of carbonyl (C=O) groups is 2. The number of esters is 1. The molecule has 0 bridgehead atoms. The summed E-state index contributed by atoms with van der Waals surface area (Å²) in [6.07, 6.45) is 0. The molecule has 19 heavy (non-hydrogen) atoms. The van der Waals surface area contributed by atoms with Crippen molar-refractivity contribution >= 4 is 23.3 Å². The molecule has 1 N–H and O–H groups in total. The largest absolute Gasteiger partial charge is 0.495 e. The molecule has 0 radical (unpaired) electrons. The van der Waals surface area contributed by atoms with Crippen molar-refractivity contribution in [1.29, 1.82) is 0 Å². The number of amides is 1. The monoisotopic (exact) mass is 266 g/mol. The van der Waals surface area contributed by atoms with Crippen molar-refractivity contribution in [1.82, 2.24) is 0 Å². The minimum Gasteiger partial charge on any atom is -0.495 e. The van der Waals surface area contributed by atoms with E-state index in [9.17, 15) is 9.59 Å². The van der Waals surface area contributed by atoms with Crippen LogP contribution < -0.4 is 15.0 Å². The van der Waals surface area contributed by atoms with Gasteiger partial charge in [0.1, 0.15) is 12.3 Å². The van der Waals surface area contributed by atoms with Gasteiger partial charge in [-0.1, -0.05) is 0 Å². The first-order valence-electron chi connectivity index (χ1n) is 5.71. The zero-order valence-corrected chi connectivity index (χ0v) is 11.5. The standard InChI is InChI=1S/C13H18N2O4/c1-9(16)14-10-5-6-12(18-3)11(7-10)15(2)8-13(17)19-4/h5-7H,8H2,1-4H3,(H,14,16). The molecule has 6 nitrogen and oxygen atoms in total. The molecule has 0 aliphatic heterocycles. The molecule has 0 aliphatic carbocycles. The molecule has 0 aromatic heterocycles. The van der Waals surface area contributed by atoms with Gasteiger partial charge >= 0.3 is 5.97 Å². The maximum Gasteiger partial charge on any atom is 0.325 e. The van der Waals surface area contributed by atoms with Crippen LogP contribution in [0.2, 0.25) is 0 Å². The van der Waals surface area contributed by atoms with Crippen molar-refractivity contribution in [2.45, 2.75) is 6.92 Å². The van der Waals surface area contributed by atoms with Crippen molar-refractivity contribution in [3.05, 3.63) is 18.2 Å². The van der Waals surface area contributed by atoms with Crippen molar-refractivity contribution in [3.63, 3.8) is 0 Å². The summed E-state index contributed by atoms with van der Waals surface area (Å²) in [7, 11) is 4.62. The molecule has 0 heterocycles. The van der Waals surface area contributed by atoms with E-state index in [1.54, 1.807) is 37.3 Å². The number of nitrogens with zero attached hydrogens (tertiary/aromatic N) is 1. The fourth-order valence-corrected chi connectivity index (χ4v) is 1.61. The van der Waals surface area contributed by atoms with Crippen LogP contribution >= 0.6 is 0 Å². The van der Waals surface area contributed by atoms with Gasteiger partial charge in [-0.25, -0.2) is 0 Å². The van der Waals surface area contributed by atoms with Crippen molar-refractivity contribution in [2.75, 3.05) is 38.0 Å². The van der Waals surface area contributed by atoms with Gasteiger partial charge in [0.25, 0.3) is 0 Å². The highest BCUT2D eigenvalue weighted by Gasteiger charge is 2.13. The van der Waals surface area contributed by atoms with Gasteiger partial charge < -0.3 is 19.7 Å². The molecule has 0 saturated heterocycles. The summed E-state index contributed by atoms with van der Waals surface area (Å²) in [6, 6.07) is 5.20. The first-order valence-corrected chi connectivity index (χ1v) is 5.71. The van der Waals surface area contributed by atoms with Gasteiger partial charge in [-0.2, -0.15) is 0 Å². The van der Waals surface area contributed by atoms with Crippen LogP contribution in [0.4, 0.5) is 11.4 Å². The number of hydrogen-bond acceptors (Lipinski definition) is 5. The molecule has 0 unspecified atom stereocenters. The van der Waals surface area contributed by atoms with E-state index in [0.717, 1.165) is 0 Å². The maximum absolute atomic E-state index is 11.3. The van der Waals surface area contributed by atoms with Crippen LogP contribution in [0.25, 0.3) is 0 Å². The quantitative estimate of drug-likeness (QED) is 0.813. The fraction of sp³-hybridized carbons (Fsp3) is 0.385. The molecule has 0 spiro atoms. The summed E-state index contributed by atoms with van der Waals surface area (Å²) in [5.41, 5.74) is 1.33. The van der Waals surface area contributed by atoms with Crippen molar-refractivity contribution < 1.29 is 19.1 Å². The number of benzene rings is 1. The molecule has 0 saturated carbocycles. The Morgan fingerprint density at radius 3 is 2.53 bits per heavy atom. The molecular weight excluding hydrogens is 248 g/mol. The second-order valence-corrected chi connectivity index (χ2v) is 4.00. The first kappa shape index (κ1) is 14.8. The van der Waals surface area contributed by atoms with Gasteiger partial charge in [-0.05, 0) is 18.2 Å². The fourth-order valence-electron chi connectivity index (χ4n) is 1.61. The molecule has 1 aromatic carbocycles. The minimum atomic E-state index is -0.352. The number of nitrogens with one attached hydrogen (secondary N) is 1. The number of methoxy groups -OCH3 is 2. The van der Waals surface area contributed by atoms with Crippen LogP contribution in [0.3, 0.4) is 0 Å². The molecule has 104 valence electrons. The number of carbonyl (C=O) groups excluding carboxylic acids is 2. The molecule has 1 aromatic rings. The number of hydrogen-bond donors (Lipinski definition) is 1. The number of likely N-dealkylation sites (N-methyl/N-ethyl adjacent to an activating group) is 1. The third-order valence-electron chi connectivity index (χ3n) is 2.50. The average molecular weight is 266 g/mol. The molecule has 0 aliphatic rings. The highest BCUT2D eigenvalue weighted by Crippen LogP contribution is 2.30. The second-order valence-electron chi connectivity index (χ2n) is 4.00. The lowest BCUT2D eigenvalue weighted by molar-refractivity contribution is -0.138. The number of anilines is 2. The number of rotatable bonds is 5. The zero-order chi connectivity index (χ0) is 14.4. The Hall–Kier alpha value is -2.24. The summed E-state index contributed by atoms with van der Waals surface area (Å²) in [5, 5.41) is 2.68. The Morgan fingerprint density at radius 1 is 1.32 bits per heavy atom. The van der Waals surface area contributed by atoms with Gasteiger partial charge in [0.05, 0.1) is 19.9 Å². The lowest BCUT2D eigenvalue weighted by Gasteiger charge is -2.21. The molecule has 0 fully saturated rings. The highest BCUT2D eigenvalue weighted by atomic mass is 16.5. The van der Waals surface area contributed by atoms with Crippen molar-refractivity contribution in [3.8, 4) is 5.75 Å². The number of ether oxygens (including phenoxy) is 2. The van der Waals surface area contributed by atoms with Gasteiger partial charge in [0.2, 0.25) is 5.91 Å². The Kier molecular flexibility index (Phi) is 5.17. The summed E-state index contributed by atoms with van der Waals surface area (Å²) < 4.78 is 9.85. The van der Waals surface area contributed by atoms with E-state index in [4.69, 9.17) is 4.74 Å². The Balaban J connectivity index is 3.00. The first-order chi connectivity index (χ1) is 8.97. The van der Waals surface area contributed by atoms with Crippen LogP contribution in [0.1, 0.15) is 6.92 Å². The molecule has 1 amide bonds. The predicted octanol–water partition coefficient (Wildman–Crippen LogP) is 1.26. The highest BCUT2D eigenvalue weighted by molar-refractivity contribution is 5.90. The lowest BCUT2D eigenvalue weighted by Crippen LogP contribution is -2.26. The van der Waals surface area contributed by atoms with Crippen LogP contribution in [0, 0.1) is 0 Å². The zero-order valence-electron chi connectivity index (χ0n) is 11.5. The van der Waals surface area contributed by atoms with Gasteiger partial charge in [0, 0.05) is 19.7 Å². The van der Waals surface area contributed by atoms with E-state index in [1.807, 2.05) is 0 Å². The molecule has 1 rings (SSSR count). The minimum absolute atomic E-state index is 0.0936. The van der Waals surface area contributed by atoms with E-state index in [0.29, 0.717) is 17.1 Å². The second kappa shape index (κ2) is 6.63. The van der Waals surface area contributed by atoms with Gasteiger partial charge in [-0.15, -0.1) is 0 Å². The lowest BCUT2D eigenvalue weighted by atomic mass is 10.2. The van der Waals surface area contributed by atoms with E-state index in [1.165, 1.54) is 14.0 Å². The van der Waals surface area contributed by atoms with E-state index >= 15 is 0 Å². The molecule has 0 atom stereocenters. The third kappa shape index (κ3) is 4.17. The molecular formula is C13H18N2O4. The topological polar surface area (TPSA) is 67.9 Å². The van der Waals surface area contributed by atoms with Crippen LogP contribution in [0.5, 0.6) is 5.75 Å². The van der Waals surface area contributed by atoms with E-state index in [2.05, 4.69) is 10.1 Å². The average Bonchev–Trinajstić information content (AvgIpc) is 2.37. The Morgan fingerprint density at radius 2 is 2.00 bits per heavy atom. The van der Waals surface area contributed by atoms with Gasteiger partial charge in [-0.3, -0.25) is 9.59 Å². The normalized spacial score (nSPS) is 9.68. The van der Waals surface area contributed by atoms with E-state index < -0.39 is 0 Å². The Bertz CT molecular complexity index is 474. The predicted molar refractivity (Wildman–Crippen MR) is 72.6 cm³/mol. The van der Waals surface area contributed by atoms with E-state index in [-0.39, 0.29) is 18.4 Å². The summed E-state index contributed by atoms with van der Waals surface area (Å²) in [4.78, 5) is 24.0. The maximum atomic E-state index is 11.3. The molecule has 6 heteroatoms. The van der Waals surface area contributed by atoms with Crippen molar-refractivity contribution in [2.24, 2.45) is 0 Å². The smallest absolute Gasteiger partial charge is 0.325 e. The van der Waals surface area contributed by atoms with Gasteiger partial charge in [0.15, 0.2) is 0 Å². The summed E-state index contributed by atoms with van der Waals surface area (Å²) in [6.45, 7) is 1.53. The Labute approximate surface area is 112 Å². The summed E-state index contributed by atoms with van der Waals surface area (Å²) in [5.74, 6) is 0.0988. The summed E-state index contributed by atoms with van der Waals surface area (Å²) >= 11 is 0.